The molecule has 0 aliphatic carbocycles. The molecule has 0 aliphatic rings. The van der Waals surface area contributed by atoms with Crippen LogP contribution in [-0.2, 0) is 0 Å². The van der Waals surface area contributed by atoms with Gasteiger partial charge in [0.15, 0.2) is 11.6 Å². The first-order valence-corrected chi connectivity index (χ1v) is 6.21. The van der Waals surface area contributed by atoms with Crippen molar-refractivity contribution >= 4 is 34.1 Å². The highest BCUT2D eigenvalue weighted by Gasteiger charge is 2.18. The normalized spacial score (nSPS) is 10.8. The molecule has 6 nitrogen and oxygen atoms in total. The molecule has 0 aliphatic heterocycles. The summed E-state index contributed by atoms with van der Waals surface area (Å²) in [5.41, 5.74) is 1.24. The van der Waals surface area contributed by atoms with E-state index < -0.39 is 5.78 Å². The van der Waals surface area contributed by atoms with Crippen LogP contribution in [-0.4, -0.2) is 31.7 Å². The molecule has 0 fully saturated rings. The average molecular weight is 289 g/mol. The third kappa shape index (κ3) is 2.21. The lowest BCUT2D eigenvalue weighted by Crippen LogP contribution is -2.09. The van der Waals surface area contributed by atoms with Crippen molar-refractivity contribution < 1.29 is 9.59 Å². The fourth-order valence-corrected chi connectivity index (χ4v) is 2.16. The van der Waals surface area contributed by atoms with E-state index in [9.17, 15) is 9.59 Å². The molecular weight excluding hydrogens is 280 g/mol. The van der Waals surface area contributed by atoms with Crippen LogP contribution >= 0.6 is 11.6 Å². The van der Waals surface area contributed by atoms with Gasteiger partial charge in [0, 0.05) is 27.7 Å². The zero-order valence-corrected chi connectivity index (χ0v) is 10.9. The first-order valence-electron chi connectivity index (χ1n) is 5.83. The van der Waals surface area contributed by atoms with Gasteiger partial charge in [0.05, 0.1) is 6.42 Å². The lowest BCUT2D eigenvalue weighted by molar-refractivity contribution is 0.0889. The molecule has 0 spiro atoms. The molecule has 0 unspecified atom stereocenters. The second-order valence-electron chi connectivity index (χ2n) is 4.25. The Kier molecular flexibility index (Phi) is 3.08. The molecule has 0 amide bonds. The summed E-state index contributed by atoms with van der Waals surface area (Å²) < 4.78 is 0. The first-order chi connectivity index (χ1) is 9.65. The predicted octanol–water partition coefficient (Wildman–Crippen LogP) is 2.40. The molecule has 3 rings (SSSR count). The summed E-state index contributed by atoms with van der Waals surface area (Å²) in [5, 5.41) is 7.26. The standard InChI is InChI=1S/C13H9ClN4O2/c14-7-1-2-10-8(3-7)9(5-15-10)11(19)4-12(20)13-16-6-17-18-13/h1-3,5-6,15H,4H2,(H,16,17,18). The van der Waals surface area contributed by atoms with Crippen molar-refractivity contribution in [2.75, 3.05) is 0 Å². The largest absolute Gasteiger partial charge is 0.360 e. The van der Waals surface area contributed by atoms with Crippen LogP contribution in [0.15, 0.2) is 30.7 Å². The van der Waals surface area contributed by atoms with Gasteiger partial charge in [0.2, 0.25) is 5.78 Å². The smallest absolute Gasteiger partial charge is 0.207 e. The summed E-state index contributed by atoms with van der Waals surface area (Å²) >= 11 is 5.92. The molecule has 0 saturated heterocycles. The number of Topliss-reactive ketones (excluding diaryl/α,β-unsaturated/α-hetero) is 2. The highest BCUT2D eigenvalue weighted by molar-refractivity contribution is 6.31. The SMILES string of the molecule is O=C(CC(=O)c1c[nH]c2ccc(Cl)cc12)c1ncn[nH]1. The molecule has 2 N–H and O–H groups in total. The van der Waals surface area contributed by atoms with Crippen molar-refractivity contribution in [2.24, 2.45) is 0 Å². The molecule has 20 heavy (non-hydrogen) atoms. The number of aromatic nitrogens is 4. The number of hydrogen-bond donors (Lipinski definition) is 2. The van der Waals surface area contributed by atoms with Gasteiger partial charge in [0.25, 0.3) is 0 Å². The maximum Gasteiger partial charge on any atom is 0.207 e. The lowest BCUT2D eigenvalue weighted by Gasteiger charge is -1.98. The molecular formula is C13H9ClN4O2. The number of carbonyl (C=O) groups is 2. The van der Waals surface area contributed by atoms with Crippen molar-refractivity contribution in [2.45, 2.75) is 6.42 Å². The second-order valence-corrected chi connectivity index (χ2v) is 4.69. The Morgan fingerprint density at radius 1 is 1.25 bits per heavy atom. The van der Waals surface area contributed by atoms with Crippen LogP contribution in [0.1, 0.15) is 27.4 Å². The van der Waals surface area contributed by atoms with Crippen LogP contribution in [0.5, 0.6) is 0 Å². The number of halogens is 1. The number of nitrogens with zero attached hydrogens (tertiary/aromatic N) is 2. The van der Waals surface area contributed by atoms with E-state index in [1.54, 1.807) is 24.4 Å². The van der Waals surface area contributed by atoms with E-state index >= 15 is 0 Å². The summed E-state index contributed by atoms with van der Waals surface area (Å²) in [6, 6.07) is 5.21. The summed E-state index contributed by atoms with van der Waals surface area (Å²) in [5.74, 6) is -0.611. The molecule has 0 saturated carbocycles. The molecule has 2 heterocycles. The van der Waals surface area contributed by atoms with Crippen LogP contribution < -0.4 is 0 Å². The molecule has 0 radical (unpaired) electrons. The maximum atomic E-state index is 12.2. The number of aromatic amines is 2. The zero-order chi connectivity index (χ0) is 14.1. The number of rotatable bonds is 4. The van der Waals surface area contributed by atoms with E-state index in [1.807, 2.05) is 0 Å². The summed E-state index contributed by atoms with van der Waals surface area (Å²) in [7, 11) is 0. The minimum absolute atomic E-state index is 0.0798. The van der Waals surface area contributed by atoms with Gasteiger partial charge >= 0.3 is 0 Å². The van der Waals surface area contributed by atoms with E-state index in [4.69, 9.17) is 11.6 Å². The van der Waals surface area contributed by atoms with E-state index in [-0.39, 0.29) is 18.0 Å². The maximum absolute atomic E-state index is 12.2. The minimum atomic E-state index is -0.399. The number of fused-ring (bicyclic) bond motifs is 1. The number of H-pyrrole nitrogens is 2. The fourth-order valence-electron chi connectivity index (χ4n) is 1.99. The quantitative estimate of drug-likeness (QED) is 0.569. The zero-order valence-electron chi connectivity index (χ0n) is 10.2. The minimum Gasteiger partial charge on any atom is -0.360 e. The lowest BCUT2D eigenvalue weighted by atomic mass is 10.0. The van der Waals surface area contributed by atoms with Crippen molar-refractivity contribution in [1.82, 2.24) is 20.2 Å². The first kappa shape index (κ1) is 12.6. The van der Waals surface area contributed by atoms with E-state index in [0.717, 1.165) is 5.52 Å². The van der Waals surface area contributed by atoms with Gasteiger partial charge in [-0.25, -0.2) is 4.98 Å². The summed E-state index contributed by atoms with van der Waals surface area (Å²) in [4.78, 5) is 30.7. The third-order valence-corrected chi connectivity index (χ3v) is 3.18. The van der Waals surface area contributed by atoms with E-state index in [2.05, 4.69) is 20.2 Å². The monoisotopic (exact) mass is 288 g/mol. The Morgan fingerprint density at radius 2 is 2.10 bits per heavy atom. The van der Waals surface area contributed by atoms with Crippen molar-refractivity contribution in [1.29, 1.82) is 0 Å². The molecule has 0 atom stereocenters. The third-order valence-electron chi connectivity index (χ3n) is 2.94. The number of hydrogen-bond acceptors (Lipinski definition) is 4. The van der Waals surface area contributed by atoms with Crippen LogP contribution in [0.3, 0.4) is 0 Å². The Labute approximate surface area is 118 Å². The predicted molar refractivity (Wildman–Crippen MR) is 73.0 cm³/mol. The number of carbonyl (C=O) groups excluding carboxylic acids is 2. The van der Waals surface area contributed by atoms with Gasteiger partial charge in [-0.2, -0.15) is 5.10 Å². The van der Waals surface area contributed by atoms with Crippen LogP contribution in [0.2, 0.25) is 5.02 Å². The molecule has 100 valence electrons. The van der Waals surface area contributed by atoms with E-state index in [0.29, 0.717) is 16.0 Å². The number of nitrogens with one attached hydrogen (secondary N) is 2. The van der Waals surface area contributed by atoms with E-state index in [1.165, 1.54) is 6.33 Å². The van der Waals surface area contributed by atoms with Crippen LogP contribution in [0.25, 0.3) is 10.9 Å². The van der Waals surface area contributed by atoms with Crippen molar-refractivity contribution in [3.8, 4) is 0 Å². The van der Waals surface area contributed by atoms with Crippen LogP contribution in [0, 0.1) is 0 Å². The topological polar surface area (TPSA) is 91.5 Å². The summed E-state index contributed by atoms with van der Waals surface area (Å²) in [6.45, 7) is 0. The molecule has 0 bridgehead atoms. The number of ketones is 2. The van der Waals surface area contributed by atoms with Crippen molar-refractivity contribution in [3.63, 3.8) is 0 Å². The van der Waals surface area contributed by atoms with Gasteiger partial charge in [-0.05, 0) is 18.2 Å². The molecule has 7 heteroatoms. The molecule has 3 aromatic rings. The second kappa shape index (κ2) is 4.90. The Balaban J connectivity index is 1.89. The van der Waals surface area contributed by atoms with Gasteiger partial charge in [0.1, 0.15) is 6.33 Å². The highest BCUT2D eigenvalue weighted by atomic mass is 35.5. The molecule has 1 aromatic carbocycles. The Morgan fingerprint density at radius 3 is 2.85 bits per heavy atom. The van der Waals surface area contributed by atoms with Gasteiger partial charge in [-0.1, -0.05) is 11.6 Å². The van der Waals surface area contributed by atoms with Gasteiger partial charge < -0.3 is 4.98 Å². The van der Waals surface area contributed by atoms with Gasteiger partial charge in [-0.15, -0.1) is 0 Å². The molecule has 2 aromatic heterocycles. The average Bonchev–Trinajstić information content (AvgIpc) is 3.07. The van der Waals surface area contributed by atoms with Crippen LogP contribution in [0.4, 0.5) is 0 Å². The van der Waals surface area contributed by atoms with Gasteiger partial charge in [-0.3, -0.25) is 14.7 Å². The Hall–Kier alpha value is -2.47. The Bertz CT molecular complexity index is 792. The summed E-state index contributed by atoms with van der Waals surface area (Å²) in [6.07, 6.45) is 2.54. The highest BCUT2D eigenvalue weighted by Crippen LogP contribution is 2.23. The fraction of sp³-hybridized carbons (Fsp3) is 0.0769. The number of benzene rings is 1. The van der Waals surface area contributed by atoms with Crippen molar-refractivity contribution in [3.05, 3.63) is 47.1 Å².